The highest BCUT2D eigenvalue weighted by Gasteiger charge is 2.31. The molecule has 1 aliphatic carbocycles. The molecule has 0 radical (unpaired) electrons. The molecule has 1 atom stereocenters. The van der Waals surface area contributed by atoms with Crippen molar-refractivity contribution in [3.63, 3.8) is 0 Å². The lowest BCUT2D eigenvalue weighted by atomic mass is 9.91. The van der Waals surface area contributed by atoms with Crippen LogP contribution in [0.4, 0.5) is 0 Å². The first-order valence-electron chi connectivity index (χ1n) is 10.4. The summed E-state index contributed by atoms with van der Waals surface area (Å²) in [6.45, 7) is 6.85. The number of carbonyl (C=O) groups excluding carboxylic acids is 1. The van der Waals surface area contributed by atoms with Crippen LogP contribution in [0.1, 0.15) is 59.5 Å². The number of nitrogens with one attached hydrogen (secondary N) is 1. The monoisotopic (exact) mass is 383 g/mol. The van der Waals surface area contributed by atoms with Crippen molar-refractivity contribution in [3.8, 4) is 0 Å². The Kier molecular flexibility index (Phi) is 5.90. The van der Waals surface area contributed by atoms with Gasteiger partial charge in [0.05, 0.1) is 12.2 Å². The Bertz CT molecular complexity index is 803. The van der Waals surface area contributed by atoms with Crippen LogP contribution in [0.2, 0.25) is 0 Å². The second kappa shape index (κ2) is 8.73. The molecule has 4 rings (SSSR count). The van der Waals surface area contributed by atoms with E-state index in [0.29, 0.717) is 24.8 Å². The molecule has 1 N–H and O–H groups in total. The fourth-order valence-electron chi connectivity index (χ4n) is 4.31. The maximum atomic E-state index is 13.3. The van der Waals surface area contributed by atoms with Gasteiger partial charge in [-0.15, -0.1) is 6.58 Å². The molecule has 0 spiro atoms. The van der Waals surface area contributed by atoms with Gasteiger partial charge in [0, 0.05) is 43.0 Å². The van der Waals surface area contributed by atoms with Gasteiger partial charge in [-0.3, -0.25) is 9.48 Å². The Balaban J connectivity index is 1.54. The Labute approximate surface area is 165 Å². The molecule has 2 aliphatic rings. The zero-order chi connectivity index (χ0) is 19.3. The van der Waals surface area contributed by atoms with E-state index in [-0.39, 0.29) is 5.91 Å². The second-order valence-electron chi connectivity index (χ2n) is 7.76. The van der Waals surface area contributed by atoms with E-state index >= 15 is 0 Å². The number of nitrogens with zero attached hydrogens (tertiary/aromatic N) is 4. The smallest absolute Gasteiger partial charge is 0.274 e. The summed E-state index contributed by atoms with van der Waals surface area (Å²) in [6.07, 6.45) is 10.8. The van der Waals surface area contributed by atoms with Crippen LogP contribution < -0.4 is 5.32 Å². The third-order valence-electron chi connectivity index (χ3n) is 5.81. The average Bonchev–Trinajstić information content (AvgIpc) is 3.26. The maximum absolute atomic E-state index is 13.3. The maximum Gasteiger partial charge on any atom is 0.274 e. The van der Waals surface area contributed by atoms with Crippen molar-refractivity contribution >= 4 is 5.91 Å². The van der Waals surface area contributed by atoms with Gasteiger partial charge in [-0.2, -0.15) is 5.10 Å². The molecule has 1 fully saturated rings. The van der Waals surface area contributed by atoms with Crippen molar-refractivity contribution in [2.24, 2.45) is 0 Å². The number of hydrogen-bond acceptors (Lipinski definition) is 5. The van der Waals surface area contributed by atoms with Crippen LogP contribution in [0, 0.1) is 0 Å². The zero-order valence-corrected chi connectivity index (χ0v) is 16.4. The van der Waals surface area contributed by atoms with E-state index in [1.54, 1.807) is 6.26 Å². The normalized spacial score (nSPS) is 19.9. The Morgan fingerprint density at radius 3 is 2.86 bits per heavy atom. The second-order valence-corrected chi connectivity index (χ2v) is 7.76. The van der Waals surface area contributed by atoms with E-state index in [4.69, 9.17) is 9.62 Å². The lowest BCUT2D eigenvalue weighted by molar-refractivity contribution is 0.0753. The lowest BCUT2D eigenvalue weighted by Crippen LogP contribution is -2.36. The van der Waals surface area contributed by atoms with Gasteiger partial charge in [0.1, 0.15) is 6.26 Å². The molecule has 7 nitrogen and oxygen atoms in total. The summed E-state index contributed by atoms with van der Waals surface area (Å²) in [4.78, 5) is 15.3. The van der Waals surface area contributed by atoms with Crippen molar-refractivity contribution < 1.29 is 9.32 Å². The molecule has 2 aromatic rings. The number of amides is 1. The van der Waals surface area contributed by atoms with Gasteiger partial charge in [0.15, 0.2) is 5.69 Å². The fraction of sp³-hybridized carbons (Fsp3) is 0.571. The molecule has 1 aliphatic heterocycles. The van der Waals surface area contributed by atoms with E-state index in [1.165, 1.54) is 18.5 Å². The summed E-state index contributed by atoms with van der Waals surface area (Å²) in [5.41, 5.74) is 3.85. The van der Waals surface area contributed by atoms with Crippen LogP contribution >= 0.6 is 0 Å². The van der Waals surface area contributed by atoms with Crippen molar-refractivity contribution in [2.45, 2.75) is 64.1 Å². The van der Waals surface area contributed by atoms with E-state index in [1.807, 2.05) is 21.7 Å². The molecule has 28 heavy (non-hydrogen) atoms. The summed E-state index contributed by atoms with van der Waals surface area (Å²) >= 11 is 0. The molecule has 0 bridgehead atoms. The van der Waals surface area contributed by atoms with Gasteiger partial charge >= 0.3 is 0 Å². The molecule has 2 aromatic heterocycles. The number of likely N-dealkylation sites (tertiary alicyclic amines) is 1. The molecule has 150 valence electrons. The van der Waals surface area contributed by atoms with Gasteiger partial charge in [-0.25, -0.2) is 0 Å². The minimum atomic E-state index is 0.0955. The topological polar surface area (TPSA) is 76.2 Å². The molecule has 1 unspecified atom stereocenters. The SMILES string of the molecule is C=CCn1nc(C(=O)N2CCCCCC2)c2c1CCC(NCc1ccon1)C2. The zero-order valence-electron chi connectivity index (χ0n) is 16.4. The van der Waals surface area contributed by atoms with Crippen molar-refractivity contribution in [2.75, 3.05) is 13.1 Å². The average molecular weight is 383 g/mol. The number of hydrogen-bond donors (Lipinski definition) is 1. The van der Waals surface area contributed by atoms with E-state index in [2.05, 4.69) is 17.1 Å². The van der Waals surface area contributed by atoms with E-state index in [9.17, 15) is 4.79 Å². The number of fused-ring (bicyclic) bond motifs is 1. The van der Waals surface area contributed by atoms with Crippen molar-refractivity contribution in [3.05, 3.63) is 47.6 Å². The molecule has 3 heterocycles. The molecular weight excluding hydrogens is 354 g/mol. The first kappa shape index (κ1) is 18.9. The number of rotatable bonds is 6. The van der Waals surface area contributed by atoms with E-state index in [0.717, 1.165) is 56.5 Å². The van der Waals surface area contributed by atoms with Crippen LogP contribution in [0.5, 0.6) is 0 Å². The standard InChI is InChI=1S/C21H29N5O2/c1-2-10-26-19-8-7-16(22-15-17-9-13-28-24-17)14-18(19)20(23-26)21(27)25-11-5-3-4-6-12-25/h2,9,13,16,22H,1,3-8,10-12,14-15H2. The first-order valence-corrected chi connectivity index (χ1v) is 10.4. The summed E-state index contributed by atoms with van der Waals surface area (Å²) in [6, 6.07) is 2.18. The number of carbonyl (C=O) groups is 1. The Morgan fingerprint density at radius 2 is 2.14 bits per heavy atom. The summed E-state index contributed by atoms with van der Waals surface area (Å²) < 4.78 is 6.88. The Hall–Kier alpha value is -2.41. The van der Waals surface area contributed by atoms with E-state index < -0.39 is 0 Å². The minimum absolute atomic E-state index is 0.0955. The number of allylic oxidation sites excluding steroid dienone is 1. The summed E-state index contributed by atoms with van der Waals surface area (Å²) in [5.74, 6) is 0.0955. The Morgan fingerprint density at radius 1 is 1.32 bits per heavy atom. The van der Waals surface area contributed by atoms with Crippen molar-refractivity contribution in [1.82, 2.24) is 25.2 Å². The highest BCUT2D eigenvalue weighted by Crippen LogP contribution is 2.27. The lowest BCUT2D eigenvalue weighted by Gasteiger charge is -2.25. The van der Waals surface area contributed by atoms with Gasteiger partial charge in [0.2, 0.25) is 0 Å². The van der Waals surface area contributed by atoms with Crippen LogP contribution in [-0.4, -0.2) is 44.9 Å². The van der Waals surface area contributed by atoms with Gasteiger partial charge in [-0.05, 0) is 32.1 Å². The molecule has 1 saturated heterocycles. The predicted octanol–water partition coefficient (Wildman–Crippen LogP) is 2.72. The fourth-order valence-corrected chi connectivity index (χ4v) is 4.31. The predicted molar refractivity (Wildman–Crippen MR) is 106 cm³/mol. The van der Waals surface area contributed by atoms with Crippen LogP contribution in [0.3, 0.4) is 0 Å². The quantitative estimate of drug-likeness (QED) is 0.776. The molecule has 0 aromatic carbocycles. The molecule has 1 amide bonds. The molecular formula is C21H29N5O2. The summed E-state index contributed by atoms with van der Waals surface area (Å²) in [7, 11) is 0. The number of aromatic nitrogens is 3. The van der Waals surface area contributed by atoms with Gasteiger partial charge in [0.25, 0.3) is 5.91 Å². The minimum Gasteiger partial charge on any atom is -0.364 e. The molecule has 0 saturated carbocycles. The van der Waals surface area contributed by atoms with Crippen LogP contribution in [0.15, 0.2) is 29.5 Å². The largest absolute Gasteiger partial charge is 0.364 e. The first-order chi connectivity index (χ1) is 13.8. The van der Waals surface area contributed by atoms with Crippen LogP contribution in [-0.2, 0) is 25.9 Å². The van der Waals surface area contributed by atoms with Gasteiger partial charge in [-0.1, -0.05) is 24.1 Å². The molecule has 7 heteroatoms. The third kappa shape index (κ3) is 4.04. The highest BCUT2D eigenvalue weighted by molar-refractivity contribution is 5.94. The summed E-state index contributed by atoms with van der Waals surface area (Å²) in [5, 5.41) is 12.3. The van der Waals surface area contributed by atoms with Gasteiger partial charge < -0.3 is 14.7 Å². The van der Waals surface area contributed by atoms with Crippen LogP contribution in [0.25, 0.3) is 0 Å². The third-order valence-corrected chi connectivity index (χ3v) is 5.81. The highest BCUT2D eigenvalue weighted by atomic mass is 16.5. The van der Waals surface area contributed by atoms with Crippen molar-refractivity contribution in [1.29, 1.82) is 0 Å².